The van der Waals surface area contributed by atoms with Gasteiger partial charge in [-0.15, -0.1) is 0 Å². The number of aromatic nitrogens is 2. The van der Waals surface area contributed by atoms with Crippen molar-refractivity contribution in [1.82, 2.24) is 15.1 Å². The van der Waals surface area contributed by atoms with E-state index < -0.39 is 11.6 Å². The molecule has 0 bridgehead atoms. The van der Waals surface area contributed by atoms with Gasteiger partial charge in [0.2, 0.25) is 5.91 Å². The third-order valence-electron chi connectivity index (χ3n) is 7.16. The molecule has 2 aromatic rings. The van der Waals surface area contributed by atoms with Crippen LogP contribution in [0.15, 0.2) is 36.5 Å². The average Bonchev–Trinajstić information content (AvgIpc) is 3.25. The molecule has 0 unspecified atom stereocenters. The van der Waals surface area contributed by atoms with Gasteiger partial charge in [-0.2, -0.15) is 5.10 Å². The Balaban J connectivity index is 1.47. The standard InChI is InChI=1S/C25H34N4O4/c1-17-3-5-18(6-4-17)22(28-23(30)21-11-14-26-29(21)2)24(31)27-20-9-7-19(8-10-20)25(32)12-15-33-16-13-25/h7-11,14,17-18,22,32H,3-6,12-13,15-16H2,1-2H3,(H,27,31)(H,28,30)/t17-,18-,22-/m0/s1. The molecule has 1 aliphatic carbocycles. The highest BCUT2D eigenvalue weighted by Gasteiger charge is 2.34. The van der Waals surface area contributed by atoms with E-state index in [-0.39, 0.29) is 17.7 Å². The summed E-state index contributed by atoms with van der Waals surface area (Å²) < 4.78 is 6.87. The lowest BCUT2D eigenvalue weighted by atomic mass is 9.79. The number of nitrogens with one attached hydrogen (secondary N) is 2. The highest BCUT2D eigenvalue weighted by atomic mass is 16.5. The molecule has 1 aromatic carbocycles. The Morgan fingerprint density at radius 1 is 1.12 bits per heavy atom. The summed E-state index contributed by atoms with van der Waals surface area (Å²) in [6.07, 6.45) is 6.58. The van der Waals surface area contributed by atoms with E-state index in [2.05, 4.69) is 22.7 Å². The van der Waals surface area contributed by atoms with Crippen LogP contribution in [0.4, 0.5) is 5.69 Å². The van der Waals surface area contributed by atoms with Crippen molar-refractivity contribution >= 4 is 17.5 Å². The molecular formula is C25H34N4O4. The van der Waals surface area contributed by atoms with Crippen molar-refractivity contribution in [3.63, 3.8) is 0 Å². The number of hydrogen-bond acceptors (Lipinski definition) is 5. The summed E-state index contributed by atoms with van der Waals surface area (Å²) in [4.78, 5) is 26.2. The number of carbonyl (C=O) groups excluding carboxylic acids is 2. The van der Waals surface area contributed by atoms with Crippen LogP contribution in [0, 0.1) is 11.8 Å². The highest BCUT2D eigenvalue weighted by Crippen LogP contribution is 2.33. The maximum Gasteiger partial charge on any atom is 0.270 e. The third kappa shape index (κ3) is 5.45. The van der Waals surface area contributed by atoms with Crippen LogP contribution >= 0.6 is 0 Å². The van der Waals surface area contributed by atoms with Gasteiger partial charge in [0, 0.05) is 45.0 Å². The predicted octanol–water partition coefficient (Wildman–Crippen LogP) is 2.98. The zero-order valence-electron chi connectivity index (χ0n) is 19.4. The highest BCUT2D eigenvalue weighted by molar-refractivity contribution is 6.00. The van der Waals surface area contributed by atoms with Crippen LogP contribution in [0.25, 0.3) is 0 Å². The van der Waals surface area contributed by atoms with Gasteiger partial charge >= 0.3 is 0 Å². The zero-order valence-corrected chi connectivity index (χ0v) is 19.4. The summed E-state index contributed by atoms with van der Waals surface area (Å²) in [5.74, 6) is 0.204. The van der Waals surface area contributed by atoms with Gasteiger partial charge in [0.15, 0.2) is 0 Å². The van der Waals surface area contributed by atoms with Crippen molar-refractivity contribution in [2.75, 3.05) is 18.5 Å². The summed E-state index contributed by atoms with van der Waals surface area (Å²) in [6, 6.07) is 8.35. The maximum absolute atomic E-state index is 13.3. The van der Waals surface area contributed by atoms with E-state index in [1.54, 1.807) is 19.3 Å². The van der Waals surface area contributed by atoms with Gasteiger partial charge < -0.3 is 20.5 Å². The van der Waals surface area contributed by atoms with Gasteiger partial charge in [0.25, 0.3) is 5.91 Å². The number of benzene rings is 1. The smallest absolute Gasteiger partial charge is 0.270 e. The number of carbonyl (C=O) groups is 2. The van der Waals surface area contributed by atoms with E-state index >= 15 is 0 Å². The van der Waals surface area contributed by atoms with Crippen LogP contribution in [-0.4, -0.2) is 46.0 Å². The SMILES string of the molecule is Cn1nccc1C(=O)N[C@H](C(=O)Nc1ccc(C2(O)CCOCC2)cc1)[C@H]1CC[C@H](C)CC1. The minimum atomic E-state index is -0.890. The van der Waals surface area contributed by atoms with Crippen molar-refractivity contribution in [2.45, 2.75) is 57.1 Å². The Kier molecular flexibility index (Phi) is 7.14. The summed E-state index contributed by atoms with van der Waals surface area (Å²) in [7, 11) is 1.71. The molecule has 1 aliphatic heterocycles. The van der Waals surface area contributed by atoms with E-state index in [9.17, 15) is 14.7 Å². The molecule has 1 saturated carbocycles. The number of hydrogen-bond donors (Lipinski definition) is 3. The van der Waals surface area contributed by atoms with Crippen molar-refractivity contribution in [3.05, 3.63) is 47.8 Å². The molecule has 0 radical (unpaired) electrons. The Labute approximate surface area is 194 Å². The van der Waals surface area contributed by atoms with E-state index in [1.807, 2.05) is 24.3 Å². The fourth-order valence-corrected chi connectivity index (χ4v) is 4.91. The zero-order chi connectivity index (χ0) is 23.4. The van der Waals surface area contributed by atoms with Crippen LogP contribution in [0.1, 0.15) is 61.5 Å². The largest absolute Gasteiger partial charge is 0.385 e. The number of anilines is 1. The number of aliphatic hydroxyl groups is 1. The molecule has 2 amide bonds. The topological polar surface area (TPSA) is 105 Å². The van der Waals surface area contributed by atoms with E-state index in [4.69, 9.17) is 4.74 Å². The van der Waals surface area contributed by atoms with Gasteiger partial charge in [-0.3, -0.25) is 14.3 Å². The van der Waals surface area contributed by atoms with Crippen LogP contribution in [0.2, 0.25) is 0 Å². The normalized spacial score (nSPS) is 23.5. The first-order valence-corrected chi connectivity index (χ1v) is 11.9. The second-order valence-corrected chi connectivity index (χ2v) is 9.52. The fourth-order valence-electron chi connectivity index (χ4n) is 4.91. The lowest BCUT2D eigenvalue weighted by Crippen LogP contribution is -2.49. The minimum Gasteiger partial charge on any atom is -0.385 e. The molecule has 1 aromatic heterocycles. The van der Waals surface area contributed by atoms with E-state index in [0.717, 1.165) is 31.2 Å². The van der Waals surface area contributed by atoms with Gasteiger partial charge in [-0.25, -0.2) is 0 Å². The molecule has 8 heteroatoms. The van der Waals surface area contributed by atoms with Crippen molar-refractivity contribution in [3.8, 4) is 0 Å². The predicted molar refractivity (Wildman–Crippen MR) is 125 cm³/mol. The van der Waals surface area contributed by atoms with Crippen molar-refractivity contribution in [2.24, 2.45) is 18.9 Å². The number of nitrogens with zero attached hydrogens (tertiary/aromatic N) is 2. The Morgan fingerprint density at radius 2 is 1.79 bits per heavy atom. The molecule has 2 aliphatic rings. The van der Waals surface area contributed by atoms with Crippen LogP contribution in [-0.2, 0) is 22.2 Å². The average molecular weight is 455 g/mol. The lowest BCUT2D eigenvalue weighted by Gasteiger charge is -2.33. The van der Waals surface area contributed by atoms with Crippen molar-refractivity contribution < 1.29 is 19.4 Å². The molecule has 33 heavy (non-hydrogen) atoms. The molecule has 8 nitrogen and oxygen atoms in total. The van der Waals surface area contributed by atoms with E-state index in [1.165, 1.54) is 4.68 Å². The quantitative estimate of drug-likeness (QED) is 0.622. The van der Waals surface area contributed by atoms with Gasteiger partial charge in [0.1, 0.15) is 11.7 Å². The first-order chi connectivity index (χ1) is 15.9. The maximum atomic E-state index is 13.3. The molecule has 1 atom stereocenters. The minimum absolute atomic E-state index is 0.0839. The molecule has 2 heterocycles. The first-order valence-electron chi connectivity index (χ1n) is 11.9. The molecule has 2 fully saturated rings. The number of rotatable bonds is 6. The van der Waals surface area contributed by atoms with Gasteiger partial charge in [0.05, 0.1) is 5.60 Å². The number of amides is 2. The van der Waals surface area contributed by atoms with Gasteiger partial charge in [-0.05, 0) is 48.4 Å². The second-order valence-electron chi connectivity index (χ2n) is 9.52. The fraction of sp³-hybridized carbons (Fsp3) is 0.560. The number of aryl methyl sites for hydroxylation is 1. The number of ether oxygens (including phenoxy) is 1. The Hall–Kier alpha value is -2.71. The first kappa shape index (κ1) is 23.4. The third-order valence-corrected chi connectivity index (χ3v) is 7.16. The molecular weight excluding hydrogens is 420 g/mol. The second kappa shape index (κ2) is 10.1. The van der Waals surface area contributed by atoms with Crippen LogP contribution in [0.3, 0.4) is 0 Å². The molecule has 1 saturated heterocycles. The summed E-state index contributed by atoms with van der Waals surface area (Å²) >= 11 is 0. The summed E-state index contributed by atoms with van der Waals surface area (Å²) in [6.45, 7) is 3.30. The Morgan fingerprint density at radius 3 is 2.39 bits per heavy atom. The monoisotopic (exact) mass is 454 g/mol. The molecule has 4 rings (SSSR count). The molecule has 0 spiro atoms. The molecule has 3 N–H and O–H groups in total. The molecule has 178 valence electrons. The summed E-state index contributed by atoms with van der Waals surface area (Å²) in [5.41, 5.74) is 1.000. The van der Waals surface area contributed by atoms with Crippen LogP contribution in [0.5, 0.6) is 0 Å². The van der Waals surface area contributed by atoms with E-state index in [0.29, 0.717) is 43.4 Å². The summed E-state index contributed by atoms with van der Waals surface area (Å²) in [5, 5.41) is 20.9. The Bertz CT molecular complexity index is 957. The lowest BCUT2D eigenvalue weighted by molar-refractivity contribution is -0.119. The van der Waals surface area contributed by atoms with Crippen molar-refractivity contribution in [1.29, 1.82) is 0 Å². The van der Waals surface area contributed by atoms with Crippen LogP contribution < -0.4 is 10.6 Å². The van der Waals surface area contributed by atoms with Gasteiger partial charge in [-0.1, -0.05) is 31.9 Å².